The Morgan fingerprint density at radius 1 is 1.36 bits per heavy atom. The molecule has 1 aromatic carbocycles. The number of nitrogens with one attached hydrogen (secondary N) is 1. The van der Waals surface area contributed by atoms with Crippen molar-refractivity contribution in [3.05, 3.63) is 28.2 Å². The molecule has 0 atom stereocenters. The summed E-state index contributed by atoms with van der Waals surface area (Å²) < 4.78 is 40.5. The molecule has 0 saturated heterocycles. The molecule has 0 unspecified atom stereocenters. The largest absolute Gasteiger partial charge is 0.573 e. The number of benzene rings is 1. The van der Waals surface area contributed by atoms with Crippen molar-refractivity contribution in [1.29, 1.82) is 0 Å². The van der Waals surface area contributed by atoms with Crippen molar-refractivity contribution in [2.75, 3.05) is 6.54 Å². The van der Waals surface area contributed by atoms with E-state index in [9.17, 15) is 18.0 Å². The molecule has 0 saturated carbocycles. The number of hydrogen-bond acceptors (Lipinski definition) is 3. The molecule has 0 heterocycles. The number of ether oxygens (including phenoxy) is 1. The van der Waals surface area contributed by atoms with E-state index >= 15 is 0 Å². The Bertz CT molecular complexity index is 533. The average Bonchev–Trinajstić information content (AvgIpc) is 2.36. The summed E-state index contributed by atoms with van der Waals surface area (Å²) in [6.07, 6.45) is -4.29. The zero-order valence-corrected chi connectivity index (χ0v) is 13.7. The van der Waals surface area contributed by atoms with Crippen LogP contribution < -0.4 is 10.1 Å². The lowest BCUT2D eigenvalue weighted by atomic mass is 9.90. The molecule has 1 rings (SSSR count). The second-order valence-electron chi connectivity index (χ2n) is 5.43. The Balaban J connectivity index is 2.51. The van der Waals surface area contributed by atoms with Gasteiger partial charge in [-0.25, -0.2) is 0 Å². The van der Waals surface area contributed by atoms with Crippen molar-refractivity contribution >= 4 is 21.9 Å². The molecule has 8 heteroatoms. The maximum Gasteiger partial charge on any atom is 0.573 e. The topological polar surface area (TPSA) is 58.6 Å². The van der Waals surface area contributed by atoms with E-state index in [2.05, 4.69) is 26.0 Å². The molecule has 0 amide bonds. The van der Waals surface area contributed by atoms with Crippen molar-refractivity contribution in [3.63, 3.8) is 0 Å². The zero-order chi connectivity index (χ0) is 17.0. The first-order valence-electron chi connectivity index (χ1n) is 6.49. The maximum absolute atomic E-state index is 12.1. The number of carbonyl (C=O) groups is 1. The van der Waals surface area contributed by atoms with Gasteiger partial charge in [-0.2, -0.15) is 0 Å². The predicted octanol–water partition coefficient (Wildman–Crippen LogP) is 3.94. The second kappa shape index (κ2) is 7.32. The Morgan fingerprint density at radius 2 is 2.00 bits per heavy atom. The molecule has 4 nitrogen and oxygen atoms in total. The number of halogens is 4. The maximum atomic E-state index is 12.1. The van der Waals surface area contributed by atoms with Crippen molar-refractivity contribution in [1.82, 2.24) is 5.32 Å². The van der Waals surface area contributed by atoms with Gasteiger partial charge >= 0.3 is 12.3 Å². The summed E-state index contributed by atoms with van der Waals surface area (Å²) in [5.41, 5.74) is -0.0626. The van der Waals surface area contributed by atoms with E-state index in [0.717, 1.165) is 5.56 Å². The summed E-state index contributed by atoms with van der Waals surface area (Å²) in [6, 6.07) is 4.27. The highest BCUT2D eigenvalue weighted by molar-refractivity contribution is 9.10. The van der Waals surface area contributed by atoms with E-state index in [1.165, 1.54) is 18.2 Å². The first kappa shape index (κ1) is 18.8. The van der Waals surface area contributed by atoms with Crippen LogP contribution in [0.5, 0.6) is 5.75 Å². The molecule has 0 spiro atoms. The Kier molecular flexibility index (Phi) is 6.25. The van der Waals surface area contributed by atoms with Crippen LogP contribution in [0.15, 0.2) is 22.7 Å². The predicted molar refractivity (Wildman–Crippen MR) is 78.6 cm³/mol. The summed E-state index contributed by atoms with van der Waals surface area (Å²) in [4.78, 5) is 10.9. The Labute approximate surface area is 134 Å². The fourth-order valence-corrected chi connectivity index (χ4v) is 2.11. The average molecular weight is 384 g/mol. The first-order valence-corrected chi connectivity index (χ1v) is 7.29. The van der Waals surface area contributed by atoms with Crippen LogP contribution in [-0.4, -0.2) is 24.0 Å². The minimum atomic E-state index is -4.73. The van der Waals surface area contributed by atoms with Crippen molar-refractivity contribution in [2.45, 2.75) is 33.2 Å². The highest BCUT2D eigenvalue weighted by Crippen LogP contribution is 2.31. The normalized spacial score (nSPS) is 12.3. The fraction of sp³-hybridized carbons (Fsp3) is 0.500. The van der Waals surface area contributed by atoms with Gasteiger partial charge in [-0.05, 0) is 60.4 Å². The molecule has 0 bridgehead atoms. The standard InChI is InChI=1S/C14H17BrF3NO3/c1-13(2,12(20)21)5-6-19-8-9-3-4-11(10(15)7-9)22-14(16,17)18/h3-4,7,19H,5-6,8H2,1-2H3,(H,20,21). The van der Waals surface area contributed by atoms with Gasteiger partial charge in [-0.3, -0.25) is 4.79 Å². The molecule has 0 fully saturated rings. The van der Waals surface area contributed by atoms with E-state index in [0.29, 0.717) is 19.5 Å². The van der Waals surface area contributed by atoms with Crippen LogP contribution in [0.25, 0.3) is 0 Å². The van der Waals surface area contributed by atoms with E-state index in [1.807, 2.05) is 0 Å². The zero-order valence-electron chi connectivity index (χ0n) is 12.1. The van der Waals surface area contributed by atoms with Crippen LogP contribution in [0.3, 0.4) is 0 Å². The molecule has 0 aromatic heterocycles. The van der Waals surface area contributed by atoms with Crippen LogP contribution in [0.4, 0.5) is 13.2 Å². The minimum Gasteiger partial charge on any atom is -0.481 e. The van der Waals surface area contributed by atoms with Gasteiger partial charge in [0.2, 0.25) is 0 Å². The molecule has 124 valence electrons. The Morgan fingerprint density at radius 3 is 2.50 bits per heavy atom. The number of carboxylic acids is 1. The summed E-state index contributed by atoms with van der Waals surface area (Å²) in [7, 11) is 0. The lowest BCUT2D eigenvalue weighted by Gasteiger charge is -2.19. The first-order chi connectivity index (χ1) is 10.0. The number of rotatable bonds is 7. The molecular weight excluding hydrogens is 367 g/mol. The molecule has 0 radical (unpaired) electrons. The molecule has 22 heavy (non-hydrogen) atoms. The number of aliphatic carboxylic acids is 1. The molecule has 0 aliphatic rings. The van der Waals surface area contributed by atoms with Gasteiger partial charge in [0.05, 0.1) is 9.89 Å². The summed E-state index contributed by atoms with van der Waals surface area (Å²) in [6.45, 7) is 4.17. The van der Waals surface area contributed by atoms with E-state index < -0.39 is 17.7 Å². The van der Waals surface area contributed by atoms with Crippen molar-refractivity contribution in [3.8, 4) is 5.75 Å². The van der Waals surface area contributed by atoms with Gasteiger partial charge in [0, 0.05) is 6.54 Å². The van der Waals surface area contributed by atoms with E-state index in [4.69, 9.17) is 5.11 Å². The van der Waals surface area contributed by atoms with Crippen LogP contribution in [0.1, 0.15) is 25.8 Å². The summed E-state index contributed by atoms with van der Waals surface area (Å²) >= 11 is 3.03. The Hall–Kier alpha value is -1.28. The molecule has 0 aliphatic carbocycles. The van der Waals surface area contributed by atoms with Gasteiger partial charge < -0.3 is 15.2 Å². The van der Waals surface area contributed by atoms with Crippen LogP contribution in [0, 0.1) is 5.41 Å². The number of alkyl halides is 3. The SMILES string of the molecule is CC(C)(CCNCc1ccc(OC(F)(F)F)c(Br)c1)C(=O)O. The van der Waals surface area contributed by atoms with Gasteiger partial charge in [0.15, 0.2) is 0 Å². The highest BCUT2D eigenvalue weighted by Gasteiger charge is 2.32. The third-order valence-electron chi connectivity index (χ3n) is 3.06. The van der Waals surface area contributed by atoms with Gasteiger partial charge in [-0.15, -0.1) is 13.2 Å². The highest BCUT2D eigenvalue weighted by atomic mass is 79.9. The van der Waals surface area contributed by atoms with Gasteiger partial charge in [0.1, 0.15) is 5.75 Å². The van der Waals surface area contributed by atoms with Crippen LogP contribution in [-0.2, 0) is 11.3 Å². The number of carboxylic acid groups (broad SMARTS) is 1. The minimum absolute atomic E-state index is 0.204. The lowest BCUT2D eigenvalue weighted by molar-refractivity contribution is -0.274. The van der Waals surface area contributed by atoms with E-state index in [1.54, 1.807) is 13.8 Å². The van der Waals surface area contributed by atoms with Gasteiger partial charge in [0.25, 0.3) is 0 Å². The summed E-state index contributed by atoms with van der Waals surface area (Å²) in [5.74, 6) is -1.17. The van der Waals surface area contributed by atoms with Crippen LogP contribution in [0.2, 0.25) is 0 Å². The summed E-state index contributed by atoms with van der Waals surface area (Å²) in [5, 5.41) is 12.0. The van der Waals surface area contributed by atoms with Crippen molar-refractivity contribution in [2.24, 2.45) is 5.41 Å². The smallest absolute Gasteiger partial charge is 0.481 e. The molecule has 1 aromatic rings. The monoisotopic (exact) mass is 383 g/mol. The third-order valence-corrected chi connectivity index (χ3v) is 3.68. The van der Waals surface area contributed by atoms with Gasteiger partial charge in [-0.1, -0.05) is 6.07 Å². The number of hydrogen-bond donors (Lipinski definition) is 2. The molecular formula is C14H17BrF3NO3. The quantitative estimate of drug-likeness (QED) is 0.700. The lowest BCUT2D eigenvalue weighted by Crippen LogP contribution is -2.28. The van der Waals surface area contributed by atoms with Crippen LogP contribution >= 0.6 is 15.9 Å². The molecule has 2 N–H and O–H groups in total. The fourth-order valence-electron chi connectivity index (χ4n) is 1.60. The van der Waals surface area contributed by atoms with Crippen molar-refractivity contribution < 1.29 is 27.8 Å². The molecule has 0 aliphatic heterocycles. The van der Waals surface area contributed by atoms with E-state index in [-0.39, 0.29) is 10.2 Å². The third kappa shape index (κ3) is 6.23. The second-order valence-corrected chi connectivity index (χ2v) is 6.28.